The van der Waals surface area contributed by atoms with Gasteiger partial charge in [0.25, 0.3) is 0 Å². The standard InChI is InChI=1S/C11H14N6O.C5H10O/c1-18-8-4-2-7(3-5-8)17(14)10-9(12)6-15-11(13)16-10;6-5-3-1-2-4-5/h2-6H,12,14H2,1H3,(H2,13,15,16);5-6H,1-4H2. The van der Waals surface area contributed by atoms with Gasteiger partial charge in [0.05, 0.1) is 30.8 Å². The molecule has 1 aromatic carbocycles. The number of aliphatic hydroxyl groups is 1. The van der Waals surface area contributed by atoms with E-state index in [1.54, 1.807) is 31.4 Å². The van der Waals surface area contributed by atoms with Gasteiger partial charge in [0, 0.05) is 0 Å². The van der Waals surface area contributed by atoms with E-state index >= 15 is 0 Å². The van der Waals surface area contributed by atoms with Crippen LogP contribution in [0.2, 0.25) is 0 Å². The maximum absolute atomic E-state index is 8.73. The minimum absolute atomic E-state index is 0.0463. The zero-order valence-electron chi connectivity index (χ0n) is 13.7. The molecule has 0 bridgehead atoms. The minimum atomic E-state index is 0.0463. The Labute approximate surface area is 141 Å². The zero-order chi connectivity index (χ0) is 17.5. The highest BCUT2D eigenvalue weighted by Crippen LogP contribution is 2.26. The first kappa shape index (κ1) is 17.8. The second kappa shape index (κ2) is 8.32. The van der Waals surface area contributed by atoms with Crippen molar-refractivity contribution >= 4 is 23.1 Å². The zero-order valence-corrected chi connectivity index (χ0v) is 13.7. The molecule has 1 aliphatic rings. The van der Waals surface area contributed by atoms with Gasteiger partial charge in [-0.2, -0.15) is 4.98 Å². The largest absolute Gasteiger partial charge is 0.497 e. The van der Waals surface area contributed by atoms with Crippen molar-refractivity contribution < 1.29 is 9.84 Å². The van der Waals surface area contributed by atoms with Gasteiger partial charge in [-0.3, -0.25) is 5.01 Å². The van der Waals surface area contributed by atoms with Gasteiger partial charge in [-0.1, -0.05) is 12.8 Å². The monoisotopic (exact) mass is 332 g/mol. The number of aliphatic hydroxyl groups excluding tert-OH is 1. The molecule has 1 saturated carbocycles. The molecule has 0 radical (unpaired) electrons. The number of rotatable bonds is 3. The van der Waals surface area contributed by atoms with Gasteiger partial charge in [-0.15, -0.1) is 0 Å². The summed E-state index contributed by atoms with van der Waals surface area (Å²) in [4.78, 5) is 7.79. The van der Waals surface area contributed by atoms with Crippen molar-refractivity contribution in [1.29, 1.82) is 0 Å². The molecule has 0 aliphatic heterocycles. The molecule has 1 aromatic heterocycles. The van der Waals surface area contributed by atoms with Crippen molar-refractivity contribution in [2.24, 2.45) is 5.84 Å². The molecule has 7 N–H and O–H groups in total. The number of nitrogens with zero attached hydrogens (tertiary/aromatic N) is 3. The highest BCUT2D eigenvalue weighted by atomic mass is 16.5. The molecule has 1 aliphatic carbocycles. The predicted octanol–water partition coefficient (Wildman–Crippen LogP) is 1.58. The lowest BCUT2D eigenvalue weighted by atomic mass is 10.3. The number of methoxy groups -OCH3 is 1. The quantitative estimate of drug-likeness (QED) is 0.491. The molecule has 3 rings (SSSR count). The average molecular weight is 332 g/mol. The van der Waals surface area contributed by atoms with Crippen LogP contribution in [-0.4, -0.2) is 28.3 Å². The Hall–Kier alpha value is -2.58. The minimum Gasteiger partial charge on any atom is -0.497 e. The van der Waals surface area contributed by atoms with Crippen LogP contribution in [-0.2, 0) is 0 Å². The number of anilines is 4. The Kier molecular flexibility index (Phi) is 6.16. The Morgan fingerprint density at radius 1 is 1.17 bits per heavy atom. The molecule has 24 heavy (non-hydrogen) atoms. The van der Waals surface area contributed by atoms with E-state index in [-0.39, 0.29) is 12.1 Å². The van der Waals surface area contributed by atoms with Crippen molar-refractivity contribution in [3.63, 3.8) is 0 Å². The second-order valence-electron chi connectivity index (χ2n) is 5.51. The molecule has 1 heterocycles. The van der Waals surface area contributed by atoms with Crippen LogP contribution in [0.25, 0.3) is 0 Å². The van der Waals surface area contributed by atoms with E-state index < -0.39 is 0 Å². The lowest BCUT2D eigenvalue weighted by Crippen LogP contribution is -2.27. The Morgan fingerprint density at radius 2 is 1.79 bits per heavy atom. The Balaban J connectivity index is 0.000000292. The van der Waals surface area contributed by atoms with Crippen LogP contribution < -0.4 is 27.1 Å². The number of aromatic nitrogens is 2. The molecule has 8 heteroatoms. The van der Waals surface area contributed by atoms with Crippen molar-refractivity contribution in [2.45, 2.75) is 31.8 Å². The highest BCUT2D eigenvalue weighted by Gasteiger charge is 2.11. The van der Waals surface area contributed by atoms with Crippen molar-refractivity contribution in [1.82, 2.24) is 9.97 Å². The predicted molar refractivity (Wildman–Crippen MR) is 94.7 cm³/mol. The van der Waals surface area contributed by atoms with Gasteiger partial charge >= 0.3 is 0 Å². The smallest absolute Gasteiger partial charge is 0.222 e. The van der Waals surface area contributed by atoms with Gasteiger partial charge in [0.1, 0.15) is 5.75 Å². The topological polar surface area (TPSA) is 137 Å². The van der Waals surface area contributed by atoms with Crippen LogP contribution in [0.4, 0.5) is 23.1 Å². The van der Waals surface area contributed by atoms with Crippen molar-refractivity contribution in [3.05, 3.63) is 30.5 Å². The number of nitrogens with two attached hydrogens (primary N) is 3. The van der Waals surface area contributed by atoms with Crippen LogP contribution in [0.5, 0.6) is 5.75 Å². The number of hydrogen-bond donors (Lipinski definition) is 4. The third-order valence-corrected chi connectivity index (χ3v) is 3.72. The van der Waals surface area contributed by atoms with Crippen LogP contribution in [0.15, 0.2) is 30.5 Å². The normalized spacial score (nSPS) is 14.0. The van der Waals surface area contributed by atoms with E-state index in [0.29, 0.717) is 17.2 Å². The first-order valence-electron chi connectivity index (χ1n) is 7.76. The van der Waals surface area contributed by atoms with E-state index in [1.807, 2.05) is 0 Å². The summed E-state index contributed by atoms with van der Waals surface area (Å²) in [7, 11) is 1.60. The Morgan fingerprint density at radius 3 is 2.29 bits per heavy atom. The maximum Gasteiger partial charge on any atom is 0.222 e. The Bertz CT molecular complexity index is 644. The van der Waals surface area contributed by atoms with Gasteiger partial charge in [0.15, 0.2) is 5.82 Å². The number of hydrazine groups is 1. The molecule has 0 saturated heterocycles. The average Bonchev–Trinajstić information content (AvgIpc) is 3.08. The van der Waals surface area contributed by atoms with E-state index in [9.17, 15) is 0 Å². The van der Waals surface area contributed by atoms with Crippen LogP contribution in [0, 0.1) is 0 Å². The first-order chi connectivity index (χ1) is 11.5. The lowest BCUT2D eigenvalue weighted by Gasteiger charge is -2.19. The molecule has 0 spiro atoms. The molecule has 0 amide bonds. The molecule has 1 fully saturated rings. The van der Waals surface area contributed by atoms with Gasteiger partial charge in [0.2, 0.25) is 5.95 Å². The van der Waals surface area contributed by atoms with Crippen LogP contribution >= 0.6 is 0 Å². The summed E-state index contributed by atoms with van der Waals surface area (Å²) in [6, 6.07) is 7.15. The third-order valence-electron chi connectivity index (χ3n) is 3.72. The van der Waals surface area contributed by atoms with Gasteiger partial charge in [-0.25, -0.2) is 10.8 Å². The van der Waals surface area contributed by atoms with Gasteiger partial charge in [-0.05, 0) is 37.1 Å². The molecule has 130 valence electrons. The molecule has 0 atom stereocenters. The van der Waals surface area contributed by atoms with Crippen LogP contribution in [0.1, 0.15) is 25.7 Å². The highest BCUT2D eigenvalue weighted by molar-refractivity contribution is 5.70. The summed E-state index contributed by atoms with van der Waals surface area (Å²) in [5, 5.41) is 10.1. The van der Waals surface area contributed by atoms with E-state index in [2.05, 4.69) is 9.97 Å². The number of nitrogen functional groups attached to an aromatic ring is 2. The maximum atomic E-state index is 8.73. The summed E-state index contributed by atoms with van der Waals surface area (Å²) in [6.45, 7) is 0. The van der Waals surface area contributed by atoms with Crippen molar-refractivity contribution in [2.75, 3.05) is 23.6 Å². The number of ether oxygens (including phenoxy) is 1. The summed E-state index contributed by atoms with van der Waals surface area (Å²) < 4.78 is 5.07. The summed E-state index contributed by atoms with van der Waals surface area (Å²) in [6.07, 6.45) is 6.02. The fraction of sp³-hybridized carbons (Fsp3) is 0.375. The first-order valence-corrected chi connectivity index (χ1v) is 7.76. The van der Waals surface area contributed by atoms with E-state index in [0.717, 1.165) is 18.6 Å². The van der Waals surface area contributed by atoms with E-state index in [4.69, 9.17) is 27.2 Å². The molecule has 8 nitrogen and oxygen atoms in total. The van der Waals surface area contributed by atoms with Crippen molar-refractivity contribution in [3.8, 4) is 5.75 Å². The fourth-order valence-corrected chi connectivity index (χ4v) is 2.36. The molecule has 0 unspecified atom stereocenters. The molecular formula is C16H24N6O2. The summed E-state index contributed by atoms with van der Waals surface area (Å²) in [5.41, 5.74) is 12.3. The SMILES string of the molecule is COc1ccc(N(N)c2nc(N)ncc2N)cc1.OC1CCCC1. The second-order valence-corrected chi connectivity index (χ2v) is 5.51. The molecule has 2 aromatic rings. The third kappa shape index (κ3) is 4.71. The van der Waals surface area contributed by atoms with E-state index in [1.165, 1.54) is 24.0 Å². The number of hydrogen-bond acceptors (Lipinski definition) is 8. The summed E-state index contributed by atoms with van der Waals surface area (Å²) in [5.74, 6) is 7.15. The van der Waals surface area contributed by atoms with Gasteiger partial charge < -0.3 is 21.3 Å². The van der Waals surface area contributed by atoms with Crippen LogP contribution in [0.3, 0.4) is 0 Å². The fourth-order valence-electron chi connectivity index (χ4n) is 2.36. The summed E-state index contributed by atoms with van der Waals surface area (Å²) >= 11 is 0. The molecular weight excluding hydrogens is 308 g/mol. The lowest BCUT2D eigenvalue weighted by molar-refractivity contribution is 0.183. The number of benzene rings is 1.